The van der Waals surface area contributed by atoms with Crippen LogP contribution in [0.3, 0.4) is 0 Å². The van der Waals surface area contributed by atoms with Crippen molar-refractivity contribution in [3.63, 3.8) is 0 Å². The van der Waals surface area contributed by atoms with Gasteiger partial charge in [0.15, 0.2) is 0 Å². The number of nitrogens with zero attached hydrogens (tertiary/aromatic N) is 1. The summed E-state index contributed by atoms with van der Waals surface area (Å²) in [6, 6.07) is 0. The molecule has 0 heterocycles. The fraction of sp³-hybridized carbons (Fsp3) is 0.938. The maximum atomic E-state index is 12.0. The summed E-state index contributed by atoms with van der Waals surface area (Å²) in [4.78, 5) is 14.4. The van der Waals surface area contributed by atoms with Crippen molar-refractivity contribution >= 4 is 5.97 Å². The summed E-state index contributed by atoms with van der Waals surface area (Å²) < 4.78 is 5.18. The van der Waals surface area contributed by atoms with Gasteiger partial charge < -0.3 is 15.0 Å². The Labute approximate surface area is 125 Å². The Balaban J connectivity index is 4.12. The summed E-state index contributed by atoms with van der Waals surface area (Å²) in [6.45, 7) is 13.7. The van der Waals surface area contributed by atoms with Crippen LogP contribution in [0.2, 0.25) is 0 Å². The van der Waals surface area contributed by atoms with Gasteiger partial charge in [0.25, 0.3) is 0 Å². The Hall–Kier alpha value is -0.610. The molecule has 0 saturated carbocycles. The maximum absolute atomic E-state index is 12.0. The molecule has 0 rings (SSSR count). The van der Waals surface area contributed by atoms with Crippen LogP contribution in [0, 0.1) is 5.92 Å². The van der Waals surface area contributed by atoms with E-state index in [1.54, 1.807) is 0 Å². The SMILES string of the molecule is CCNC(C)(CCCCN(C)CC(C)C)C(=O)OCC. The summed E-state index contributed by atoms with van der Waals surface area (Å²) in [7, 11) is 2.16. The number of hydrogen-bond donors (Lipinski definition) is 1. The third-order valence-electron chi connectivity index (χ3n) is 3.44. The van der Waals surface area contributed by atoms with Gasteiger partial charge in [0.1, 0.15) is 5.54 Å². The predicted octanol–water partition coefficient (Wildman–Crippen LogP) is 2.68. The number of ether oxygens (including phenoxy) is 1. The second-order valence-corrected chi connectivity index (χ2v) is 6.20. The monoisotopic (exact) mass is 286 g/mol. The summed E-state index contributed by atoms with van der Waals surface area (Å²) in [5, 5.41) is 3.28. The molecule has 0 aromatic heterocycles. The highest BCUT2D eigenvalue weighted by Gasteiger charge is 2.32. The second kappa shape index (κ2) is 10.2. The van der Waals surface area contributed by atoms with E-state index in [1.807, 2.05) is 20.8 Å². The molecule has 0 aliphatic heterocycles. The average molecular weight is 286 g/mol. The molecule has 0 bridgehead atoms. The van der Waals surface area contributed by atoms with Gasteiger partial charge in [-0.2, -0.15) is 0 Å². The quantitative estimate of drug-likeness (QED) is 0.468. The van der Waals surface area contributed by atoms with Gasteiger partial charge in [0, 0.05) is 6.54 Å². The zero-order valence-electron chi connectivity index (χ0n) is 14.3. The molecule has 1 unspecified atom stereocenters. The topological polar surface area (TPSA) is 41.6 Å². The highest BCUT2D eigenvalue weighted by molar-refractivity contribution is 5.80. The Morgan fingerprint density at radius 1 is 1.30 bits per heavy atom. The average Bonchev–Trinajstić information content (AvgIpc) is 2.34. The molecule has 0 aromatic carbocycles. The second-order valence-electron chi connectivity index (χ2n) is 6.20. The minimum Gasteiger partial charge on any atom is -0.465 e. The lowest BCUT2D eigenvalue weighted by atomic mass is 9.94. The van der Waals surface area contributed by atoms with Gasteiger partial charge in [-0.15, -0.1) is 0 Å². The lowest BCUT2D eigenvalue weighted by Crippen LogP contribution is -2.50. The van der Waals surface area contributed by atoms with E-state index in [0.29, 0.717) is 12.5 Å². The van der Waals surface area contributed by atoms with E-state index in [9.17, 15) is 4.79 Å². The molecule has 20 heavy (non-hydrogen) atoms. The van der Waals surface area contributed by atoms with Crippen LogP contribution in [-0.2, 0) is 9.53 Å². The van der Waals surface area contributed by atoms with E-state index >= 15 is 0 Å². The molecular weight excluding hydrogens is 252 g/mol. The molecule has 0 aliphatic rings. The van der Waals surface area contributed by atoms with Gasteiger partial charge in [0.05, 0.1) is 6.61 Å². The smallest absolute Gasteiger partial charge is 0.326 e. The minimum absolute atomic E-state index is 0.127. The number of nitrogens with one attached hydrogen (secondary N) is 1. The molecule has 0 amide bonds. The Morgan fingerprint density at radius 2 is 1.95 bits per heavy atom. The van der Waals surface area contributed by atoms with E-state index in [1.165, 1.54) is 0 Å². The summed E-state index contributed by atoms with van der Waals surface area (Å²) in [6.07, 6.45) is 2.98. The first-order valence-electron chi connectivity index (χ1n) is 7.96. The molecule has 0 fully saturated rings. The molecule has 0 aliphatic carbocycles. The molecule has 0 spiro atoms. The summed E-state index contributed by atoms with van der Waals surface area (Å²) in [5.74, 6) is 0.573. The first-order valence-corrected chi connectivity index (χ1v) is 7.96. The molecule has 0 aromatic rings. The number of likely N-dealkylation sites (N-methyl/N-ethyl adjacent to an activating group) is 1. The maximum Gasteiger partial charge on any atom is 0.326 e. The Bertz CT molecular complexity index is 269. The van der Waals surface area contributed by atoms with Crippen molar-refractivity contribution in [2.75, 3.05) is 33.3 Å². The van der Waals surface area contributed by atoms with E-state index < -0.39 is 5.54 Å². The van der Waals surface area contributed by atoms with E-state index in [0.717, 1.165) is 38.9 Å². The predicted molar refractivity (Wildman–Crippen MR) is 84.9 cm³/mol. The van der Waals surface area contributed by atoms with Gasteiger partial charge in [-0.3, -0.25) is 4.79 Å². The van der Waals surface area contributed by atoms with Crippen molar-refractivity contribution in [1.82, 2.24) is 10.2 Å². The van der Waals surface area contributed by atoms with Crippen molar-refractivity contribution in [1.29, 1.82) is 0 Å². The lowest BCUT2D eigenvalue weighted by molar-refractivity contribution is -0.150. The Kier molecular flexibility index (Phi) is 9.86. The van der Waals surface area contributed by atoms with Gasteiger partial charge in [0.2, 0.25) is 0 Å². The lowest BCUT2D eigenvalue weighted by Gasteiger charge is -2.28. The normalized spacial score (nSPS) is 14.6. The number of esters is 1. The fourth-order valence-corrected chi connectivity index (χ4v) is 2.52. The minimum atomic E-state index is -0.540. The van der Waals surface area contributed by atoms with Crippen molar-refractivity contribution in [3.05, 3.63) is 0 Å². The largest absolute Gasteiger partial charge is 0.465 e. The number of rotatable bonds is 11. The zero-order valence-corrected chi connectivity index (χ0v) is 14.3. The molecule has 4 nitrogen and oxygen atoms in total. The fourth-order valence-electron chi connectivity index (χ4n) is 2.52. The standard InChI is InChI=1S/C16H34N2O2/c1-7-17-16(5,15(19)20-8-2)11-9-10-12-18(6)13-14(3)4/h14,17H,7-13H2,1-6H3. The van der Waals surface area contributed by atoms with E-state index in [4.69, 9.17) is 4.74 Å². The van der Waals surface area contributed by atoms with Crippen LogP contribution in [0.4, 0.5) is 0 Å². The van der Waals surface area contributed by atoms with Gasteiger partial charge in [-0.1, -0.05) is 20.8 Å². The summed E-state index contributed by atoms with van der Waals surface area (Å²) >= 11 is 0. The molecule has 1 N–H and O–H groups in total. The van der Waals surface area contributed by atoms with Crippen LogP contribution in [0.25, 0.3) is 0 Å². The third-order valence-corrected chi connectivity index (χ3v) is 3.44. The van der Waals surface area contributed by atoms with Crippen molar-refractivity contribution in [2.45, 2.75) is 59.4 Å². The van der Waals surface area contributed by atoms with Gasteiger partial charge in [-0.25, -0.2) is 0 Å². The van der Waals surface area contributed by atoms with Crippen LogP contribution in [0.15, 0.2) is 0 Å². The van der Waals surface area contributed by atoms with Crippen molar-refractivity contribution < 1.29 is 9.53 Å². The molecule has 120 valence electrons. The number of hydrogen-bond acceptors (Lipinski definition) is 4. The highest BCUT2D eigenvalue weighted by Crippen LogP contribution is 2.16. The van der Waals surface area contributed by atoms with Gasteiger partial charge >= 0.3 is 5.97 Å². The van der Waals surface area contributed by atoms with E-state index in [2.05, 4.69) is 31.1 Å². The Morgan fingerprint density at radius 3 is 2.45 bits per heavy atom. The van der Waals surface area contributed by atoms with Crippen molar-refractivity contribution in [2.24, 2.45) is 5.92 Å². The van der Waals surface area contributed by atoms with Crippen LogP contribution >= 0.6 is 0 Å². The van der Waals surface area contributed by atoms with E-state index in [-0.39, 0.29) is 5.97 Å². The highest BCUT2D eigenvalue weighted by atomic mass is 16.5. The van der Waals surface area contributed by atoms with Crippen LogP contribution < -0.4 is 5.32 Å². The third kappa shape index (κ3) is 7.85. The first-order chi connectivity index (χ1) is 9.35. The number of carbonyl (C=O) groups excluding carboxylic acids is 1. The number of carbonyl (C=O) groups is 1. The molecule has 0 radical (unpaired) electrons. The summed E-state index contributed by atoms with van der Waals surface area (Å²) in [5.41, 5.74) is -0.540. The van der Waals surface area contributed by atoms with Gasteiger partial charge in [-0.05, 0) is 59.2 Å². The number of unbranched alkanes of at least 4 members (excludes halogenated alkanes) is 1. The zero-order chi connectivity index (χ0) is 15.6. The van der Waals surface area contributed by atoms with Crippen molar-refractivity contribution in [3.8, 4) is 0 Å². The molecule has 4 heteroatoms. The van der Waals surface area contributed by atoms with Crippen LogP contribution in [-0.4, -0.2) is 49.7 Å². The molecule has 0 saturated heterocycles. The van der Waals surface area contributed by atoms with Crippen LogP contribution in [0.5, 0.6) is 0 Å². The molecular formula is C16H34N2O2. The van der Waals surface area contributed by atoms with Crippen LogP contribution in [0.1, 0.15) is 53.9 Å². The molecule has 1 atom stereocenters. The first kappa shape index (κ1) is 19.4.